The van der Waals surface area contributed by atoms with E-state index in [9.17, 15) is 23.2 Å². The van der Waals surface area contributed by atoms with Gasteiger partial charge in [0.15, 0.2) is 5.82 Å². The van der Waals surface area contributed by atoms with Crippen molar-refractivity contribution in [3.8, 4) is 0 Å². The highest BCUT2D eigenvalue weighted by Gasteiger charge is 2.20. The van der Waals surface area contributed by atoms with Crippen LogP contribution in [-0.2, 0) is 16.0 Å². The molecule has 0 radical (unpaired) electrons. The van der Waals surface area contributed by atoms with Crippen LogP contribution in [0.1, 0.15) is 29.4 Å². The molecule has 0 aliphatic carbocycles. The van der Waals surface area contributed by atoms with E-state index in [1.165, 1.54) is 6.07 Å². The molecule has 1 unspecified atom stereocenters. The van der Waals surface area contributed by atoms with Crippen LogP contribution in [0.4, 0.5) is 14.6 Å². The first-order valence-electron chi connectivity index (χ1n) is 7.69. The highest BCUT2D eigenvalue weighted by molar-refractivity contribution is 5.98. The standard InChI is InChI=1S/C16H17F2N5O3/c1-2-11(16(26)21-13-7-12(15(19)25)22-23-13)20-14(24)5-8-3-9(17)6-10(18)4-8/h3-4,6-7,11H,2,5H2,1H3,(H2,19,25)(H,20,24)(H2,21,22,23,26). The Bertz CT molecular complexity index is 817. The van der Waals surface area contributed by atoms with Gasteiger partial charge in [0.25, 0.3) is 5.91 Å². The van der Waals surface area contributed by atoms with Gasteiger partial charge in [-0.05, 0) is 24.1 Å². The number of aromatic nitrogens is 2. The van der Waals surface area contributed by atoms with Gasteiger partial charge in [0.2, 0.25) is 11.8 Å². The molecule has 0 spiro atoms. The van der Waals surface area contributed by atoms with Crippen LogP contribution in [-0.4, -0.2) is 34.0 Å². The third-order valence-corrected chi connectivity index (χ3v) is 3.44. The molecule has 3 amide bonds. The molecule has 138 valence electrons. The Hall–Kier alpha value is -3.30. The van der Waals surface area contributed by atoms with E-state index in [0.717, 1.165) is 12.1 Å². The number of aromatic amines is 1. The van der Waals surface area contributed by atoms with Gasteiger partial charge < -0.3 is 16.4 Å². The van der Waals surface area contributed by atoms with Crippen molar-refractivity contribution >= 4 is 23.5 Å². The number of nitrogens with one attached hydrogen (secondary N) is 3. The Morgan fingerprint density at radius 2 is 1.85 bits per heavy atom. The van der Waals surface area contributed by atoms with Crippen molar-refractivity contribution < 1.29 is 23.2 Å². The lowest BCUT2D eigenvalue weighted by Crippen LogP contribution is -2.44. The van der Waals surface area contributed by atoms with Crippen molar-refractivity contribution in [3.05, 3.63) is 47.2 Å². The van der Waals surface area contributed by atoms with E-state index in [4.69, 9.17) is 5.73 Å². The third-order valence-electron chi connectivity index (χ3n) is 3.44. The molecule has 0 saturated carbocycles. The van der Waals surface area contributed by atoms with Crippen molar-refractivity contribution in [2.24, 2.45) is 5.73 Å². The zero-order valence-corrected chi connectivity index (χ0v) is 13.8. The Morgan fingerprint density at radius 1 is 1.19 bits per heavy atom. The summed E-state index contributed by atoms with van der Waals surface area (Å²) in [6, 6.07) is 3.14. The molecule has 10 heteroatoms. The molecule has 0 bridgehead atoms. The first kappa shape index (κ1) is 19.0. The van der Waals surface area contributed by atoms with Gasteiger partial charge in [-0.2, -0.15) is 5.10 Å². The summed E-state index contributed by atoms with van der Waals surface area (Å²) >= 11 is 0. The molecule has 0 aliphatic rings. The summed E-state index contributed by atoms with van der Waals surface area (Å²) in [4.78, 5) is 35.2. The number of hydrogen-bond donors (Lipinski definition) is 4. The summed E-state index contributed by atoms with van der Waals surface area (Å²) in [6.45, 7) is 1.67. The van der Waals surface area contributed by atoms with Crippen LogP contribution in [0.15, 0.2) is 24.3 Å². The molecule has 26 heavy (non-hydrogen) atoms. The second kappa shape index (κ2) is 8.19. The Labute approximate surface area is 147 Å². The third kappa shape index (κ3) is 5.10. The smallest absolute Gasteiger partial charge is 0.266 e. The largest absolute Gasteiger partial charge is 0.364 e. The lowest BCUT2D eigenvalue weighted by Gasteiger charge is -2.16. The number of anilines is 1. The van der Waals surface area contributed by atoms with E-state index in [2.05, 4.69) is 20.8 Å². The monoisotopic (exact) mass is 365 g/mol. The number of carbonyl (C=O) groups is 3. The number of carbonyl (C=O) groups excluding carboxylic acids is 3. The zero-order chi connectivity index (χ0) is 19.3. The Kier molecular flexibility index (Phi) is 5.99. The molecule has 0 saturated heterocycles. The SMILES string of the molecule is CCC(NC(=O)Cc1cc(F)cc(F)c1)C(=O)Nc1cc(C(N)=O)[nH]n1. The molecule has 1 aromatic carbocycles. The first-order chi connectivity index (χ1) is 12.3. The minimum absolute atomic E-state index is 0.0190. The minimum atomic E-state index is -0.894. The highest BCUT2D eigenvalue weighted by atomic mass is 19.1. The van der Waals surface area contributed by atoms with Crippen molar-refractivity contribution in [2.75, 3.05) is 5.32 Å². The summed E-state index contributed by atoms with van der Waals surface area (Å²) in [5.74, 6) is -3.38. The van der Waals surface area contributed by atoms with E-state index >= 15 is 0 Å². The molecule has 8 nitrogen and oxygen atoms in total. The average molecular weight is 365 g/mol. The summed E-state index contributed by atoms with van der Waals surface area (Å²) in [6.07, 6.45) is -0.0190. The minimum Gasteiger partial charge on any atom is -0.364 e. The second-order valence-electron chi connectivity index (χ2n) is 5.50. The van der Waals surface area contributed by atoms with E-state index in [0.29, 0.717) is 6.07 Å². The predicted molar refractivity (Wildman–Crippen MR) is 88.0 cm³/mol. The molecule has 5 N–H and O–H groups in total. The number of benzene rings is 1. The number of amides is 3. The van der Waals surface area contributed by atoms with Gasteiger partial charge in [0.05, 0.1) is 6.42 Å². The maximum atomic E-state index is 13.2. The molecule has 0 fully saturated rings. The summed E-state index contributed by atoms with van der Waals surface area (Å²) < 4.78 is 26.3. The summed E-state index contributed by atoms with van der Waals surface area (Å²) in [5, 5.41) is 11.0. The fourth-order valence-electron chi connectivity index (χ4n) is 2.22. The van der Waals surface area contributed by atoms with Crippen LogP contribution in [0.5, 0.6) is 0 Å². The number of nitrogens with two attached hydrogens (primary N) is 1. The molecule has 1 heterocycles. The molecular formula is C16H17F2N5O3. The number of rotatable bonds is 7. The van der Waals surface area contributed by atoms with Crippen molar-refractivity contribution in [2.45, 2.75) is 25.8 Å². The maximum Gasteiger partial charge on any atom is 0.266 e. The molecule has 1 atom stereocenters. The van der Waals surface area contributed by atoms with Crippen molar-refractivity contribution in [1.29, 1.82) is 0 Å². The van der Waals surface area contributed by atoms with Crippen LogP contribution >= 0.6 is 0 Å². The van der Waals surface area contributed by atoms with Gasteiger partial charge in [0.1, 0.15) is 23.4 Å². The zero-order valence-electron chi connectivity index (χ0n) is 13.8. The Balaban J connectivity index is 1.97. The van der Waals surface area contributed by atoms with E-state index in [1.54, 1.807) is 6.92 Å². The average Bonchev–Trinajstić information content (AvgIpc) is 3.00. The van der Waals surface area contributed by atoms with Gasteiger partial charge in [-0.3, -0.25) is 19.5 Å². The quantitative estimate of drug-likeness (QED) is 0.580. The number of H-pyrrole nitrogens is 1. The van der Waals surface area contributed by atoms with E-state index in [1.807, 2.05) is 0 Å². The van der Waals surface area contributed by atoms with Gasteiger partial charge >= 0.3 is 0 Å². The topological polar surface area (TPSA) is 130 Å². The van der Waals surface area contributed by atoms with Gasteiger partial charge in [-0.25, -0.2) is 8.78 Å². The summed E-state index contributed by atoms with van der Waals surface area (Å²) in [5.41, 5.74) is 5.24. The lowest BCUT2D eigenvalue weighted by atomic mass is 10.1. The number of nitrogens with zero attached hydrogens (tertiary/aromatic N) is 1. The molecular weight excluding hydrogens is 348 g/mol. The molecule has 0 aliphatic heterocycles. The fraction of sp³-hybridized carbons (Fsp3) is 0.250. The number of hydrogen-bond acceptors (Lipinski definition) is 4. The molecule has 2 aromatic rings. The van der Waals surface area contributed by atoms with Gasteiger partial charge in [-0.15, -0.1) is 0 Å². The van der Waals surface area contributed by atoms with Crippen LogP contribution in [0, 0.1) is 11.6 Å². The van der Waals surface area contributed by atoms with Crippen LogP contribution in [0.2, 0.25) is 0 Å². The van der Waals surface area contributed by atoms with E-state index in [-0.39, 0.29) is 29.9 Å². The maximum absolute atomic E-state index is 13.2. The molecule has 2 rings (SSSR count). The normalized spacial score (nSPS) is 11.7. The Morgan fingerprint density at radius 3 is 2.38 bits per heavy atom. The fourth-order valence-corrected chi connectivity index (χ4v) is 2.22. The van der Waals surface area contributed by atoms with Crippen LogP contribution in [0.25, 0.3) is 0 Å². The van der Waals surface area contributed by atoms with Crippen LogP contribution < -0.4 is 16.4 Å². The van der Waals surface area contributed by atoms with E-state index < -0.39 is 35.4 Å². The van der Waals surface area contributed by atoms with Gasteiger partial charge in [-0.1, -0.05) is 6.92 Å². The predicted octanol–water partition coefficient (Wildman–Crippen LogP) is 0.863. The number of halogens is 2. The summed E-state index contributed by atoms with van der Waals surface area (Å²) in [7, 11) is 0. The number of primary amides is 1. The first-order valence-corrected chi connectivity index (χ1v) is 7.69. The lowest BCUT2D eigenvalue weighted by molar-refractivity contribution is -0.126. The van der Waals surface area contributed by atoms with Crippen LogP contribution in [0.3, 0.4) is 0 Å². The van der Waals surface area contributed by atoms with Crippen molar-refractivity contribution in [3.63, 3.8) is 0 Å². The van der Waals surface area contributed by atoms with Gasteiger partial charge in [0, 0.05) is 12.1 Å². The second-order valence-corrected chi connectivity index (χ2v) is 5.50. The molecule has 1 aromatic heterocycles. The highest BCUT2D eigenvalue weighted by Crippen LogP contribution is 2.10. The van der Waals surface area contributed by atoms with Crippen molar-refractivity contribution in [1.82, 2.24) is 15.5 Å².